The summed E-state index contributed by atoms with van der Waals surface area (Å²) in [6.07, 6.45) is 0. The minimum atomic E-state index is -0.740. The van der Waals surface area contributed by atoms with Crippen molar-refractivity contribution in [3.05, 3.63) is 51.9 Å². The zero-order valence-corrected chi connectivity index (χ0v) is 14.6. The van der Waals surface area contributed by atoms with Crippen molar-refractivity contribution in [2.24, 2.45) is 5.73 Å². The Kier molecular flexibility index (Phi) is 4.24. The molecule has 0 radical (unpaired) electrons. The van der Waals surface area contributed by atoms with Crippen LogP contribution in [0.5, 0.6) is 0 Å². The molecule has 1 aromatic carbocycles. The summed E-state index contributed by atoms with van der Waals surface area (Å²) < 4.78 is 1.44. The molecule has 124 valence electrons. The molecule has 5 nitrogen and oxygen atoms in total. The number of aromatic nitrogens is 2. The number of nitrogens with two attached hydrogens (primary N) is 1. The van der Waals surface area contributed by atoms with Crippen LogP contribution in [0.2, 0.25) is 0 Å². The lowest BCUT2D eigenvalue weighted by Gasteiger charge is -2.19. The number of hydrogen-bond acceptors (Lipinski definition) is 4. The lowest BCUT2D eigenvalue weighted by atomic mass is 10.1. The molecule has 0 bridgehead atoms. The molecule has 2 heterocycles. The summed E-state index contributed by atoms with van der Waals surface area (Å²) in [4.78, 5) is 30.2. The van der Waals surface area contributed by atoms with Gasteiger partial charge in [-0.05, 0) is 12.5 Å². The first kappa shape index (κ1) is 16.4. The lowest BCUT2D eigenvalue weighted by Crippen LogP contribution is -2.35. The van der Waals surface area contributed by atoms with Crippen molar-refractivity contribution in [1.29, 1.82) is 0 Å². The summed E-state index contributed by atoms with van der Waals surface area (Å²) in [6, 6.07) is 8.97. The van der Waals surface area contributed by atoms with Gasteiger partial charge in [0, 0.05) is 16.9 Å². The van der Waals surface area contributed by atoms with Gasteiger partial charge in [-0.3, -0.25) is 14.2 Å². The van der Waals surface area contributed by atoms with Crippen molar-refractivity contribution in [2.75, 3.05) is 0 Å². The molecular weight excluding hydrogens is 322 g/mol. The van der Waals surface area contributed by atoms with Gasteiger partial charge in [0.15, 0.2) is 0 Å². The average Bonchev–Trinajstić information content (AvgIpc) is 2.99. The molecule has 0 saturated heterocycles. The third-order valence-electron chi connectivity index (χ3n) is 4.07. The van der Waals surface area contributed by atoms with E-state index >= 15 is 0 Å². The number of primary amides is 1. The predicted molar refractivity (Wildman–Crippen MR) is 97.3 cm³/mol. The Morgan fingerprint density at radius 1 is 1.21 bits per heavy atom. The highest BCUT2D eigenvalue weighted by atomic mass is 32.1. The number of fused-ring (bicyclic) bond motifs is 1. The van der Waals surface area contributed by atoms with Gasteiger partial charge < -0.3 is 5.73 Å². The monoisotopic (exact) mass is 341 g/mol. The number of carbonyl (C=O) groups is 1. The van der Waals surface area contributed by atoms with E-state index in [0.717, 1.165) is 11.1 Å². The molecule has 0 aliphatic rings. The molecule has 2 N–H and O–H groups in total. The van der Waals surface area contributed by atoms with E-state index in [1.807, 2.05) is 49.6 Å². The van der Waals surface area contributed by atoms with E-state index in [0.29, 0.717) is 16.0 Å². The molecule has 1 unspecified atom stereocenters. The third-order valence-corrected chi connectivity index (χ3v) is 4.94. The van der Waals surface area contributed by atoms with Crippen molar-refractivity contribution in [3.8, 4) is 11.1 Å². The van der Waals surface area contributed by atoms with Crippen molar-refractivity contribution in [1.82, 2.24) is 9.55 Å². The van der Waals surface area contributed by atoms with Crippen molar-refractivity contribution in [3.63, 3.8) is 0 Å². The number of amides is 1. The second kappa shape index (κ2) is 6.20. The van der Waals surface area contributed by atoms with Crippen LogP contribution in [0.15, 0.2) is 40.5 Å². The molecule has 1 atom stereocenters. The molecule has 0 fully saturated rings. The Bertz CT molecular complexity index is 958. The molecule has 0 saturated carbocycles. The number of rotatable bonds is 4. The zero-order chi connectivity index (χ0) is 17.4. The second-order valence-corrected chi connectivity index (χ2v) is 6.93. The van der Waals surface area contributed by atoms with Crippen molar-refractivity contribution >= 4 is 27.5 Å². The third kappa shape index (κ3) is 2.63. The maximum Gasteiger partial charge on any atom is 0.263 e. The normalized spacial score (nSPS) is 12.7. The standard InChI is InChI=1S/C18H19N3O2S/c1-10(2)16-20-17-14(18(23)21(16)11(3)15(19)22)13(9-24-17)12-7-5-4-6-8-12/h4-11H,1-3H3,(H2,19,22). The van der Waals surface area contributed by atoms with E-state index in [-0.39, 0.29) is 11.5 Å². The topological polar surface area (TPSA) is 78.0 Å². The molecule has 24 heavy (non-hydrogen) atoms. The molecule has 1 amide bonds. The second-order valence-electron chi connectivity index (χ2n) is 6.07. The molecule has 2 aromatic heterocycles. The maximum atomic E-state index is 13.2. The van der Waals surface area contributed by atoms with Crippen LogP contribution in [0.3, 0.4) is 0 Å². The molecular formula is C18H19N3O2S. The van der Waals surface area contributed by atoms with Gasteiger partial charge in [0.2, 0.25) is 5.91 Å². The fraction of sp³-hybridized carbons (Fsp3) is 0.278. The van der Waals surface area contributed by atoms with E-state index in [1.165, 1.54) is 15.9 Å². The molecule has 6 heteroatoms. The maximum absolute atomic E-state index is 13.2. The van der Waals surface area contributed by atoms with Gasteiger partial charge in [0.1, 0.15) is 16.7 Å². The van der Waals surface area contributed by atoms with Gasteiger partial charge in [0.25, 0.3) is 5.56 Å². The molecule has 0 aliphatic heterocycles. The van der Waals surface area contributed by atoms with Crippen molar-refractivity contribution in [2.45, 2.75) is 32.7 Å². The molecule has 3 rings (SSSR count). The number of nitrogens with zero attached hydrogens (tertiary/aromatic N) is 2. The Labute approximate surface area is 143 Å². The first-order chi connectivity index (χ1) is 11.4. The van der Waals surface area contributed by atoms with E-state index < -0.39 is 11.9 Å². The van der Waals surface area contributed by atoms with Crippen LogP contribution in [-0.2, 0) is 4.79 Å². The van der Waals surface area contributed by atoms with Gasteiger partial charge in [-0.1, -0.05) is 44.2 Å². The van der Waals surface area contributed by atoms with Crippen LogP contribution in [0, 0.1) is 0 Å². The number of hydrogen-bond donors (Lipinski definition) is 1. The fourth-order valence-corrected chi connectivity index (χ4v) is 3.70. The van der Waals surface area contributed by atoms with E-state index in [4.69, 9.17) is 5.73 Å². The number of benzene rings is 1. The average molecular weight is 341 g/mol. The highest BCUT2D eigenvalue weighted by Crippen LogP contribution is 2.32. The molecule has 0 spiro atoms. The van der Waals surface area contributed by atoms with Crippen LogP contribution < -0.4 is 11.3 Å². The minimum Gasteiger partial charge on any atom is -0.368 e. The van der Waals surface area contributed by atoms with Gasteiger partial charge in [-0.2, -0.15) is 0 Å². The van der Waals surface area contributed by atoms with Crippen LogP contribution in [0.1, 0.15) is 38.6 Å². The van der Waals surface area contributed by atoms with Gasteiger partial charge >= 0.3 is 0 Å². The van der Waals surface area contributed by atoms with Crippen LogP contribution >= 0.6 is 11.3 Å². The minimum absolute atomic E-state index is 0.00572. The summed E-state index contributed by atoms with van der Waals surface area (Å²) in [7, 11) is 0. The Morgan fingerprint density at radius 2 is 1.88 bits per heavy atom. The summed E-state index contributed by atoms with van der Waals surface area (Å²) in [5.41, 5.74) is 7.04. The van der Waals surface area contributed by atoms with E-state index in [2.05, 4.69) is 4.98 Å². The highest BCUT2D eigenvalue weighted by Gasteiger charge is 2.23. The Morgan fingerprint density at radius 3 is 2.46 bits per heavy atom. The van der Waals surface area contributed by atoms with Crippen LogP contribution in [0.25, 0.3) is 21.3 Å². The first-order valence-corrected chi connectivity index (χ1v) is 8.68. The quantitative estimate of drug-likeness (QED) is 0.791. The largest absolute Gasteiger partial charge is 0.368 e. The Hall–Kier alpha value is -2.47. The SMILES string of the molecule is CC(C)c1nc2scc(-c3ccccc3)c2c(=O)n1C(C)C(N)=O. The first-order valence-electron chi connectivity index (χ1n) is 7.80. The highest BCUT2D eigenvalue weighted by molar-refractivity contribution is 7.17. The van der Waals surface area contributed by atoms with Crippen molar-refractivity contribution < 1.29 is 4.79 Å². The summed E-state index contributed by atoms with van der Waals surface area (Å²) in [6.45, 7) is 5.53. The summed E-state index contributed by atoms with van der Waals surface area (Å²) >= 11 is 1.44. The van der Waals surface area contributed by atoms with Gasteiger partial charge in [-0.25, -0.2) is 4.98 Å². The van der Waals surface area contributed by atoms with E-state index in [1.54, 1.807) is 6.92 Å². The van der Waals surface area contributed by atoms with E-state index in [9.17, 15) is 9.59 Å². The summed E-state index contributed by atoms with van der Waals surface area (Å²) in [5.74, 6) is 0.0445. The molecule has 0 aliphatic carbocycles. The number of thiophene rings is 1. The lowest BCUT2D eigenvalue weighted by molar-refractivity contribution is -0.120. The predicted octanol–water partition coefficient (Wildman–Crippen LogP) is 3.29. The fourth-order valence-electron chi connectivity index (χ4n) is 2.76. The summed E-state index contributed by atoms with van der Waals surface area (Å²) in [5, 5.41) is 2.49. The van der Waals surface area contributed by atoms with Crippen LogP contribution in [-0.4, -0.2) is 15.5 Å². The number of carbonyl (C=O) groups excluding carboxylic acids is 1. The van der Waals surface area contributed by atoms with Crippen LogP contribution in [0.4, 0.5) is 0 Å². The zero-order valence-electron chi connectivity index (χ0n) is 13.8. The molecule has 3 aromatic rings. The Balaban J connectivity index is 2.37. The van der Waals surface area contributed by atoms with Gasteiger partial charge in [-0.15, -0.1) is 11.3 Å². The van der Waals surface area contributed by atoms with Gasteiger partial charge in [0.05, 0.1) is 5.39 Å². The smallest absolute Gasteiger partial charge is 0.263 e.